The lowest BCUT2D eigenvalue weighted by Gasteiger charge is -2.21. The Bertz CT molecular complexity index is 512. The summed E-state index contributed by atoms with van der Waals surface area (Å²) in [6.07, 6.45) is 0.0828. The van der Waals surface area contributed by atoms with Gasteiger partial charge in [-0.3, -0.25) is 9.59 Å². The van der Waals surface area contributed by atoms with Crippen LogP contribution in [0.25, 0.3) is 0 Å². The van der Waals surface area contributed by atoms with E-state index in [9.17, 15) is 9.59 Å². The molecule has 0 N–H and O–H groups in total. The largest absolute Gasteiger partial charge is 0.481 e. The molecule has 114 valence electrons. The number of ether oxygens (including phenoxy) is 2. The summed E-state index contributed by atoms with van der Waals surface area (Å²) in [4.78, 5) is 25.5. The second kappa shape index (κ2) is 6.61. The van der Waals surface area contributed by atoms with Crippen LogP contribution in [-0.2, 0) is 14.3 Å². The highest BCUT2D eigenvalue weighted by Crippen LogP contribution is 2.20. The molecule has 21 heavy (non-hydrogen) atoms. The summed E-state index contributed by atoms with van der Waals surface area (Å²) in [6.45, 7) is 4.70. The van der Waals surface area contributed by atoms with Crippen molar-refractivity contribution in [1.82, 2.24) is 4.90 Å². The molecule has 1 aliphatic rings. The Morgan fingerprint density at radius 3 is 2.57 bits per heavy atom. The zero-order valence-electron chi connectivity index (χ0n) is 12.7. The van der Waals surface area contributed by atoms with Crippen LogP contribution in [0.3, 0.4) is 0 Å². The van der Waals surface area contributed by atoms with Gasteiger partial charge in [0.25, 0.3) is 5.91 Å². The number of carbonyl (C=O) groups excluding carboxylic acids is 2. The molecule has 1 aromatic rings. The summed E-state index contributed by atoms with van der Waals surface area (Å²) in [5, 5.41) is 0. The van der Waals surface area contributed by atoms with Gasteiger partial charge in [0.15, 0.2) is 6.10 Å². The minimum Gasteiger partial charge on any atom is -0.481 e. The van der Waals surface area contributed by atoms with E-state index in [4.69, 9.17) is 9.47 Å². The molecule has 1 aromatic carbocycles. The summed E-state index contributed by atoms with van der Waals surface area (Å²) >= 11 is 0. The van der Waals surface area contributed by atoms with Crippen molar-refractivity contribution in [3.05, 3.63) is 29.8 Å². The monoisotopic (exact) mass is 291 g/mol. The van der Waals surface area contributed by atoms with E-state index >= 15 is 0 Å². The number of methoxy groups -OCH3 is 1. The number of hydrogen-bond acceptors (Lipinski definition) is 4. The Morgan fingerprint density at radius 1 is 1.29 bits per heavy atom. The number of nitrogens with zero attached hydrogens (tertiary/aromatic N) is 1. The van der Waals surface area contributed by atoms with E-state index in [0.717, 1.165) is 5.56 Å². The molecule has 2 rings (SSSR count). The fraction of sp³-hybridized carbons (Fsp3) is 0.500. The molecular formula is C16H21NO4. The summed E-state index contributed by atoms with van der Waals surface area (Å²) in [5.74, 6) is 0.107. The Labute approximate surface area is 124 Å². The van der Waals surface area contributed by atoms with Gasteiger partial charge in [-0.25, -0.2) is 0 Å². The van der Waals surface area contributed by atoms with Crippen LogP contribution in [0.2, 0.25) is 0 Å². The zero-order chi connectivity index (χ0) is 15.4. The molecule has 5 heteroatoms. The quantitative estimate of drug-likeness (QED) is 0.794. The fourth-order valence-corrected chi connectivity index (χ4v) is 2.45. The third kappa shape index (κ3) is 3.74. The van der Waals surface area contributed by atoms with Gasteiger partial charge >= 0.3 is 5.97 Å². The highest BCUT2D eigenvalue weighted by molar-refractivity contribution is 5.82. The van der Waals surface area contributed by atoms with Crippen molar-refractivity contribution in [1.29, 1.82) is 0 Å². The van der Waals surface area contributed by atoms with Crippen molar-refractivity contribution >= 4 is 11.9 Å². The van der Waals surface area contributed by atoms with Crippen molar-refractivity contribution in [3.63, 3.8) is 0 Å². The second-order valence-corrected chi connectivity index (χ2v) is 5.37. The Balaban J connectivity index is 1.91. The molecule has 5 nitrogen and oxygen atoms in total. The van der Waals surface area contributed by atoms with Crippen molar-refractivity contribution in [3.8, 4) is 5.75 Å². The van der Waals surface area contributed by atoms with E-state index in [1.807, 2.05) is 31.2 Å². The molecule has 0 saturated carbocycles. The van der Waals surface area contributed by atoms with E-state index in [-0.39, 0.29) is 17.8 Å². The van der Waals surface area contributed by atoms with Gasteiger partial charge in [-0.05, 0) is 32.4 Å². The first-order chi connectivity index (χ1) is 10.0. The molecule has 0 bridgehead atoms. The number of amides is 1. The zero-order valence-corrected chi connectivity index (χ0v) is 12.7. The van der Waals surface area contributed by atoms with Crippen LogP contribution in [-0.4, -0.2) is 43.1 Å². The van der Waals surface area contributed by atoms with Crippen molar-refractivity contribution in [2.75, 3.05) is 20.2 Å². The lowest BCUT2D eigenvalue weighted by Crippen LogP contribution is -2.39. The molecule has 1 heterocycles. The first-order valence-electron chi connectivity index (χ1n) is 7.11. The van der Waals surface area contributed by atoms with Crippen molar-refractivity contribution < 1.29 is 19.1 Å². The first kappa shape index (κ1) is 15.4. The number of carbonyl (C=O) groups is 2. The molecule has 0 radical (unpaired) electrons. The first-order valence-corrected chi connectivity index (χ1v) is 7.11. The number of likely N-dealkylation sites (tertiary alicyclic amines) is 1. The Hall–Kier alpha value is -2.04. The number of hydrogen-bond donors (Lipinski definition) is 0. The topological polar surface area (TPSA) is 55.8 Å². The molecule has 2 atom stereocenters. The lowest BCUT2D eigenvalue weighted by atomic mass is 10.1. The summed E-state index contributed by atoms with van der Waals surface area (Å²) in [5.41, 5.74) is 1.14. The molecule has 2 unspecified atom stereocenters. The average molecular weight is 291 g/mol. The van der Waals surface area contributed by atoms with Gasteiger partial charge in [0, 0.05) is 13.1 Å². The summed E-state index contributed by atoms with van der Waals surface area (Å²) in [7, 11) is 1.37. The van der Waals surface area contributed by atoms with Crippen molar-refractivity contribution in [2.45, 2.75) is 26.4 Å². The van der Waals surface area contributed by atoms with Crippen LogP contribution >= 0.6 is 0 Å². The van der Waals surface area contributed by atoms with Gasteiger partial charge in [0.2, 0.25) is 0 Å². The van der Waals surface area contributed by atoms with Crippen LogP contribution in [0.5, 0.6) is 5.75 Å². The maximum Gasteiger partial charge on any atom is 0.310 e. The standard InChI is InChI=1S/C16H21NO4/c1-11-4-6-14(7-5-11)21-12(2)15(18)17-9-8-13(10-17)16(19)20-3/h4-7,12-13H,8-10H2,1-3H3. The van der Waals surface area contributed by atoms with Gasteiger partial charge in [-0.2, -0.15) is 0 Å². The van der Waals surface area contributed by atoms with E-state index in [1.165, 1.54) is 7.11 Å². The molecular weight excluding hydrogens is 270 g/mol. The number of benzene rings is 1. The van der Waals surface area contributed by atoms with Crippen LogP contribution in [0.15, 0.2) is 24.3 Å². The molecule has 0 spiro atoms. The van der Waals surface area contributed by atoms with E-state index in [0.29, 0.717) is 25.3 Å². The summed E-state index contributed by atoms with van der Waals surface area (Å²) < 4.78 is 10.4. The molecule has 1 fully saturated rings. The highest BCUT2D eigenvalue weighted by Gasteiger charge is 2.33. The Morgan fingerprint density at radius 2 is 1.95 bits per heavy atom. The maximum absolute atomic E-state index is 12.3. The van der Waals surface area contributed by atoms with Crippen LogP contribution in [0.1, 0.15) is 18.9 Å². The van der Waals surface area contributed by atoms with Gasteiger partial charge in [0.05, 0.1) is 13.0 Å². The van der Waals surface area contributed by atoms with E-state index < -0.39 is 6.10 Å². The lowest BCUT2D eigenvalue weighted by molar-refractivity contribution is -0.145. The van der Waals surface area contributed by atoms with Crippen LogP contribution < -0.4 is 4.74 Å². The number of rotatable bonds is 4. The van der Waals surface area contributed by atoms with Crippen LogP contribution in [0.4, 0.5) is 0 Å². The Kier molecular flexibility index (Phi) is 4.83. The predicted molar refractivity (Wildman–Crippen MR) is 78.0 cm³/mol. The third-order valence-electron chi connectivity index (χ3n) is 3.72. The minimum absolute atomic E-state index is 0.0954. The third-order valence-corrected chi connectivity index (χ3v) is 3.72. The molecule has 1 saturated heterocycles. The minimum atomic E-state index is -0.566. The normalized spacial score (nSPS) is 19.2. The van der Waals surface area contributed by atoms with Gasteiger partial charge in [-0.15, -0.1) is 0 Å². The molecule has 1 amide bonds. The van der Waals surface area contributed by atoms with Gasteiger partial charge < -0.3 is 14.4 Å². The van der Waals surface area contributed by atoms with Gasteiger partial charge in [-0.1, -0.05) is 17.7 Å². The maximum atomic E-state index is 12.3. The highest BCUT2D eigenvalue weighted by atomic mass is 16.5. The molecule has 0 aliphatic carbocycles. The van der Waals surface area contributed by atoms with Gasteiger partial charge in [0.1, 0.15) is 5.75 Å². The molecule has 1 aliphatic heterocycles. The number of aryl methyl sites for hydroxylation is 1. The summed E-state index contributed by atoms with van der Waals surface area (Å²) in [6, 6.07) is 7.58. The predicted octanol–water partition coefficient (Wildman–Crippen LogP) is 1.78. The SMILES string of the molecule is COC(=O)C1CCN(C(=O)C(C)Oc2ccc(C)cc2)C1. The van der Waals surface area contributed by atoms with E-state index in [2.05, 4.69) is 0 Å². The fourth-order valence-electron chi connectivity index (χ4n) is 2.45. The average Bonchev–Trinajstić information content (AvgIpc) is 2.97. The second-order valence-electron chi connectivity index (χ2n) is 5.37. The van der Waals surface area contributed by atoms with Crippen molar-refractivity contribution in [2.24, 2.45) is 5.92 Å². The smallest absolute Gasteiger partial charge is 0.310 e. The van der Waals surface area contributed by atoms with E-state index in [1.54, 1.807) is 11.8 Å². The number of esters is 1. The van der Waals surface area contributed by atoms with Crippen LogP contribution in [0, 0.1) is 12.8 Å². The molecule has 0 aromatic heterocycles.